The number of carbonyl (C=O) groups excluding carboxylic acids is 1. The second-order valence-corrected chi connectivity index (χ2v) is 6.86. The molecule has 0 aliphatic heterocycles. The Bertz CT molecular complexity index is 987. The van der Waals surface area contributed by atoms with E-state index in [0.29, 0.717) is 39.1 Å². The van der Waals surface area contributed by atoms with Crippen LogP contribution in [0.15, 0.2) is 58.5 Å². The fourth-order valence-electron chi connectivity index (χ4n) is 2.42. The molecule has 2 aromatic carbocycles. The maximum absolute atomic E-state index is 13.0. The zero-order valence-electron chi connectivity index (χ0n) is 13.5. The third-order valence-corrected chi connectivity index (χ3v) is 4.69. The van der Waals surface area contributed by atoms with Gasteiger partial charge in [-0.3, -0.25) is 14.2 Å². The van der Waals surface area contributed by atoms with Gasteiger partial charge in [-0.25, -0.2) is 4.98 Å². The molecule has 1 aromatic heterocycles. The second-order valence-electron chi connectivity index (χ2n) is 5.36. The van der Waals surface area contributed by atoms with Crippen LogP contribution in [0, 0.1) is 0 Å². The lowest BCUT2D eigenvalue weighted by atomic mass is 10.2. The number of para-hydroxylation sites is 1. The Kier molecular flexibility index (Phi) is 5.40. The minimum atomic E-state index is -0.144. The van der Waals surface area contributed by atoms with Crippen LogP contribution in [0.3, 0.4) is 0 Å². The van der Waals surface area contributed by atoms with Crippen molar-refractivity contribution >= 4 is 40.2 Å². The van der Waals surface area contributed by atoms with Crippen LogP contribution < -0.4 is 10.9 Å². The topological polar surface area (TPSA) is 64.0 Å². The van der Waals surface area contributed by atoms with Crippen LogP contribution in [0.2, 0.25) is 5.02 Å². The van der Waals surface area contributed by atoms with E-state index in [2.05, 4.69) is 10.3 Å². The summed E-state index contributed by atoms with van der Waals surface area (Å²) in [7, 11) is 0. The third kappa shape index (κ3) is 4.03. The minimum Gasteiger partial charge on any atom is -0.356 e. The lowest BCUT2D eigenvalue weighted by Gasteiger charge is -2.13. The van der Waals surface area contributed by atoms with Crippen LogP contribution in [0.1, 0.15) is 6.92 Å². The molecule has 0 fully saturated rings. The van der Waals surface area contributed by atoms with E-state index in [1.165, 1.54) is 18.7 Å². The SMILES string of the molecule is CC(=O)NCCSc1nc2ccccc2c(=O)n1-c1cccc(Cl)c1. The Morgan fingerprint density at radius 3 is 2.80 bits per heavy atom. The lowest BCUT2D eigenvalue weighted by molar-refractivity contribution is -0.118. The summed E-state index contributed by atoms with van der Waals surface area (Å²) in [6.45, 7) is 1.97. The molecule has 0 saturated carbocycles. The molecule has 0 aliphatic rings. The number of fused-ring (bicyclic) bond motifs is 1. The van der Waals surface area contributed by atoms with Gasteiger partial charge in [-0.05, 0) is 30.3 Å². The highest BCUT2D eigenvalue weighted by Crippen LogP contribution is 2.22. The summed E-state index contributed by atoms with van der Waals surface area (Å²) >= 11 is 7.50. The number of hydrogen-bond acceptors (Lipinski definition) is 4. The first-order valence-electron chi connectivity index (χ1n) is 7.71. The summed E-state index contributed by atoms with van der Waals surface area (Å²) in [5.74, 6) is 0.518. The molecule has 7 heteroatoms. The molecule has 0 radical (unpaired) electrons. The van der Waals surface area contributed by atoms with Gasteiger partial charge < -0.3 is 5.32 Å². The molecule has 3 rings (SSSR count). The molecule has 1 amide bonds. The fourth-order valence-corrected chi connectivity index (χ4v) is 3.47. The van der Waals surface area contributed by atoms with Crippen molar-refractivity contribution in [3.05, 3.63) is 63.9 Å². The van der Waals surface area contributed by atoms with Gasteiger partial charge in [0, 0.05) is 24.2 Å². The Balaban J connectivity index is 2.08. The summed E-state index contributed by atoms with van der Waals surface area (Å²) in [4.78, 5) is 28.6. The standard InChI is InChI=1S/C18H16ClN3O2S/c1-12(23)20-9-10-25-18-21-16-8-3-2-7-15(16)17(24)22(18)14-6-4-5-13(19)11-14/h2-8,11H,9-10H2,1H3,(H,20,23). The van der Waals surface area contributed by atoms with E-state index in [1.807, 2.05) is 24.3 Å². The number of nitrogens with one attached hydrogen (secondary N) is 1. The molecule has 0 aliphatic carbocycles. The number of nitrogens with zero attached hydrogens (tertiary/aromatic N) is 2. The summed E-state index contributed by atoms with van der Waals surface area (Å²) < 4.78 is 1.56. The number of thioether (sulfide) groups is 1. The van der Waals surface area contributed by atoms with E-state index in [9.17, 15) is 9.59 Å². The number of halogens is 1. The van der Waals surface area contributed by atoms with E-state index in [-0.39, 0.29) is 11.5 Å². The van der Waals surface area contributed by atoms with Gasteiger partial charge in [-0.2, -0.15) is 0 Å². The number of rotatable bonds is 5. The number of hydrogen-bond donors (Lipinski definition) is 1. The van der Waals surface area contributed by atoms with Crippen molar-refractivity contribution in [2.45, 2.75) is 12.1 Å². The Morgan fingerprint density at radius 1 is 1.24 bits per heavy atom. The molecule has 128 valence electrons. The third-order valence-electron chi connectivity index (χ3n) is 3.52. The summed E-state index contributed by atoms with van der Waals surface area (Å²) in [6.07, 6.45) is 0. The van der Waals surface area contributed by atoms with E-state index in [1.54, 1.807) is 28.8 Å². The highest BCUT2D eigenvalue weighted by molar-refractivity contribution is 7.99. The molecular formula is C18H16ClN3O2S. The molecular weight excluding hydrogens is 358 g/mol. The van der Waals surface area contributed by atoms with Gasteiger partial charge in [-0.1, -0.05) is 41.6 Å². The van der Waals surface area contributed by atoms with Gasteiger partial charge in [0.15, 0.2) is 5.16 Å². The maximum Gasteiger partial charge on any atom is 0.266 e. The predicted molar refractivity (Wildman–Crippen MR) is 102 cm³/mol. The van der Waals surface area contributed by atoms with Gasteiger partial charge in [0.05, 0.1) is 16.6 Å². The highest BCUT2D eigenvalue weighted by Gasteiger charge is 2.13. The molecule has 0 unspecified atom stereocenters. The fraction of sp³-hybridized carbons (Fsp3) is 0.167. The van der Waals surface area contributed by atoms with E-state index in [0.717, 1.165) is 0 Å². The lowest BCUT2D eigenvalue weighted by Crippen LogP contribution is -2.24. The van der Waals surface area contributed by atoms with E-state index >= 15 is 0 Å². The smallest absolute Gasteiger partial charge is 0.266 e. The predicted octanol–water partition coefficient (Wildman–Crippen LogP) is 3.27. The normalized spacial score (nSPS) is 10.8. The number of aromatic nitrogens is 2. The van der Waals surface area contributed by atoms with Crippen LogP contribution in [-0.2, 0) is 4.79 Å². The Labute approximate surface area is 154 Å². The molecule has 25 heavy (non-hydrogen) atoms. The molecule has 1 N–H and O–H groups in total. The van der Waals surface area contributed by atoms with Crippen LogP contribution in [0.5, 0.6) is 0 Å². The van der Waals surface area contributed by atoms with Crippen molar-refractivity contribution in [1.82, 2.24) is 14.9 Å². The van der Waals surface area contributed by atoms with Crippen LogP contribution in [-0.4, -0.2) is 27.8 Å². The quantitative estimate of drug-likeness (QED) is 0.423. The van der Waals surface area contributed by atoms with Crippen molar-refractivity contribution in [3.63, 3.8) is 0 Å². The Morgan fingerprint density at radius 2 is 2.04 bits per heavy atom. The molecule has 1 heterocycles. The zero-order valence-corrected chi connectivity index (χ0v) is 15.1. The highest BCUT2D eigenvalue weighted by atomic mass is 35.5. The van der Waals surface area contributed by atoms with Crippen LogP contribution >= 0.6 is 23.4 Å². The first kappa shape index (κ1) is 17.5. The van der Waals surface area contributed by atoms with Crippen LogP contribution in [0.25, 0.3) is 16.6 Å². The first-order valence-corrected chi connectivity index (χ1v) is 9.07. The van der Waals surface area contributed by atoms with E-state index < -0.39 is 0 Å². The van der Waals surface area contributed by atoms with Gasteiger partial charge in [0.2, 0.25) is 5.91 Å². The Hall–Kier alpha value is -2.31. The van der Waals surface area contributed by atoms with E-state index in [4.69, 9.17) is 11.6 Å². The molecule has 0 spiro atoms. The first-order chi connectivity index (χ1) is 12.1. The largest absolute Gasteiger partial charge is 0.356 e. The average Bonchev–Trinajstić information content (AvgIpc) is 2.59. The maximum atomic E-state index is 13.0. The molecule has 0 saturated heterocycles. The summed E-state index contributed by atoms with van der Waals surface area (Å²) in [5.41, 5.74) is 1.17. The van der Waals surface area contributed by atoms with Gasteiger partial charge in [0.1, 0.15) is 0 Å². The van der Waals surface area contributed by atoms with Crippen molar-refractivity contribution in [3.8, 4) is 5.69 Å². The monoisotopic (exact) mass is 373 g/mol. The minimum absolute atomic E-state index is 0.0840. The zero-order chi connectivity index (χ0) is 17.8. The molecule has 5 nitrogen and oxygen atoms in total. The summed E-state index contributed by atoms with van der Waals surface area (Å²) in [6, 6.07) is 14.4. The molecule has 3 aromatic rings. The van der Waals surface area contributed by atoms with Crippen molar-refractivity contribution in [2.24, 2.45) is 0 Å². The number of benzene rings is 2. The average molecular weight is 374 g/mol. The second kappa shape index (κ2) is 7.72. The molecule has 0 atom stereocenters. The number of carbonyl (C=O) groups is 1. The van der Waals surface area contributed by atoms with Gasteiger partial charge in [0.25, 0.3) is 5.56 Å². The van der Waals surface area contributed by atoms with Gasteiger partial charge in [-0.15, -0.1) is 0 Å². The van der Waals surface area contributed by atoms with Crippen molar-refractivity contribution in [1.29, 1.82) is 0 Å². The molecule has 0 bridgehead atoms. The van der Waals surface area contributed by atoms with Crippen LogP contribution in [0.4, 0.5) is 0 Å². The summed E-state index contributed by atoms with van der Waals surface area (Å²) in [5, 5.41) is 4.40. The number of amides is 1. The van der Waals surface area contributed by atoms with Crippen molar-refractivity contribution in [2.75, 3.05) is 12.3 Å². The van der Waals surface area contributed by atoms with Gasteiger partial charge >= 0.3 is 0 Å². The van der Waals surface area contributed by atoms with Crippen molar-refractivity contribution < 1.29 is 4.79 Å².